The summed E-state index contributed by atoms with van der Waals surface area (Å²) in [4.78, 5) is 0. The minimum absolute atomic E-state index is 0.0782. The monoisotopic (exact) mass is 242 g/mol. The molecule has 4 nitrogen and oxygen atoms in total. The fraction of sp³-hybridized carbons (Fsp3) is 0.455. The van der Waals surface area contributed by atoms with Crippen LogP contribution in [0.4, 0.5) is 11.4 Å². The molecule has 3 N–H and O–H groups in total. The van der Waals surface area contributed by atoms with Crippen molar-refractivity contribution in [2.75, 3.05) is 16.2 Å². The molecule has 0 aromatic heterocycles. The molecular formula is C11H18N2O2S. The van der Waals surface area contributed by atoms with Crippen LogP contribution < -0.4 is 10.5 Å². The Labute approximate surface area is 96.9 Å². The number of nitrogen functional groups attached to an aromatic ring is 1. The van der Waals surface area contributed by atoms with Gasteiger partial charge in [0.2, 0.25) is 10.0 Å². The Hall–Kier alpha value is -1.23. The van der Waals surface area contributed by atoms with Crippen molar-refractivity contribution in [1.29, 1.82) is 0 Å². The predicted octanol–water partition coefficient (Wildman–Crippen LogP) is 2.06. The van der Waals surface area contributed by atoms with Gasteiger partial charge in [0, 0.05) is 5.69 Å². The fourth-order valence-electron chi connectivity index (χ4n) is 1.39. The molecule has 0 spiro atoms. The highest BCUT2D eigenvalue weighted by atomic mass is 32.2. The van der Waals surface area contributed by atoms with Gasteiger partial charge in [-0.1, -0.05) is 26.8 Å². The molecule has 0 fully saturated rings. The number of benzene rings is 1. The van der Waals surface area contributed by atoms with Crippen LogP contribution in [0.1, 0.15) is 20.8 Å². The zero-order valence-corrected chi connectivity index (χ0v) is 10.6. The summed E-state index contributed by atoms with van der Waals surface area (Å²) in [5, 5.41) is 0. The smallest absolute Gasteiger partial charge is 0.233 e. The van der Waals surface area contributed by atoms with Crippen molar-refractivity contribution in [1.82, 2.24) is 0 Å². The molecule has 16 heavy (non-hydrogen) atoms. The van der Waals surface area contributed by atoms with Gasteiger partial charge in [-0.15, -0.1) is 0 Å². The van der Waals surface area contributed by atoms with Crippen LogP contribution in [0, 0.1) is 5.41 Å². The summed E-state index contributed by atoms with van der Waals surface area (Å²) in [6.45, 7) is 5.64. The minimum atomic E-state index is -3.31. The van der Waals surface area contributed by atoms with E-state index in [1.54, 1.807) is 24.3 Å². The Morgan fingerprint density at radius 1 is 1.31 bits per heavy atom. The molecule has 0 aliphatic carbocycles. The summed E-state index contributed by atoms with van der Waals surface area (Å²) < 4.78 is 26.1. The molecule has 0 heterocycles. The first-order valence-electron chi connectivity index (χ1n) is 5.04. The Morgan fingerprint density at radius 3 is 2.44 bits per heavy atom. The van der Waals surface area contributed by atoms with Crippen molar-refractivity contribution < 1.29 is 8.42 Å². The molecule has 1 aromatic rings. The summed E-state index contributed by atoms with van der Waals surface area (Å²) in [5.74, 6) is 0.0782. The van der Waals surface area contributed by atoms with Crippen molar-refractivity contribution in [3.05, 3.63) is 24.3 Å². The highest BCUT2D eigenvalue weighted by Gasteiger charge is 2.21. The van der Waals surface area contributed by atoms with E-state index in [0.717, 1.165) is 0 Å². The van der Waals surface area contributed by atoms with Gasteiger partial charge in [-0.2, -0.15) is 0 Å². The van der Waals surface area contributed by atoms with Gasteiger partial charge in [0.1, 0.15) is 0 Å². The topological polar surface area (TPSA) is 72.2 Å². The van der Waals surface area contributed by atoms with E-state index in [1.807, 2.05) is 20.8 Å². The Kier molecular flexibility index (Phi) is 3.48. The molecule has 0 bridgehead atoms. The van der Waals surface area contributed by atoms with E-state index in [0.29, 0.717) is 11.4 Å². The first-order valence-corrected chi connectivity index (χ1v) is 6.69. The van der Waals surface area contributed by atoms with Gasteiger partial charge in [0.25, 0.3) is 0 Å². The quantitative estimate of drug-likeness (QED) is 0.797. The number of hydrogen-bond donors (Lipinski definition) is 2. The summed E-state index contributed by atoms with van der Waals surface area (Å²) in [5.41, 5.74) is 6.34. The van der Waals surface area contributed by atoms with E-state index in [1.165, 1.54) is 0 Å². The predicted molar refractivity (Wildman–Crippen MR) is 67.7 cm³/mol. The zero-order valence-electron chi connectivity index (χ0n) is 9.82. The lowest BCUT2D eigenvalue weighted by molar-refractivity contribution is 0.463. The van der Waals surface area contributed by atoms with Gasteiger partial charge in [-0.3, -0.25) is 4.72 Å². The molecule has 1 rings (SSSR count). The maximum atomic E-state index is 11.8. The van der Waals surface area contributed by atoms with E-state index in [9.17, 15) is 8.42 Å². The van der Waals surface area contributed by atoms with Gasteiger partial charge in [0.05, 0.1) is 11.4 Å². The third kappa shape index (κ3) is 4.53. The van der Waals surface area contributed by atoms with Crippen LogP contribution in [0.25, 0.3) is 0 Å². The van der Waals surface area contributed by atoms with Gasteiger partial charge in [0.15, 0.2) is 0 Å². The molecule has 0 saturated carbocycles. The fourth-order valence-corrected chi connectivity index (χ4v) is 3.09. The summed E-state index contributed by atoms with van der Waals surface area (Å²) in [6, 6.07) is 6.70. The van der Waals surface area contributed by atoms with Crippen molar-refractivity contribution in [2.45, 2.75) is 20.8 Å². The van der Waals surface area contributed by atoms with Crippen molar-refractivity contribution >= 4 is 21.4 Å². The summed E-state index contributed by atoms with van der Waals surface area (Å²) in [7, 11) is -3.31. The number of sulfonamides is 1. The molecule has 90 valence electrons. The molecule has 0 unspecified atom stereocenters. The normalized spacial score (nSPS) is 12.4. The zero-order chi connectivity index (χ0) is 12.4. The van der Waals surface area contributed by atoms with Crippen LogP contribution in [0.5, 0.6) is 0 Å². The number of rotatable bonds is 3. The molecule has 0 saturated heterocycles. The Balaban J connectivity index is 2.81. The van der Waals surface area contributed by atoms with Gasteiger partial charge in [-0.05, 0) is 23.6 Å². The lowest BCUT2D eigenvalue weighted by Gasteiger charge is -2.18. The molecule has 1 aromatic carbocycles. The Morgan fingerprint density at radius 2 is 1.94 bits per heavy atom. The summed E-state index contributed by atoms with van der Waals surface area (Å²) >= 11 is 0. The molecule has 0 aliphatic heterocycles. The third-order valence-electron chi connectivity index (χ3n) is 1.78. The number of hydrogen-bond acceptors (Lipinski definition) is 3. The second-order valence-corrected chi connectivity index (χ2v) is 6.77. The average molecular weight is 242 g/mol. The van der Waals surface area contributed by atoms with Gasteiger partial charge in [-0.25, -0.2) is 8.42 Å². The lowest BCUT2D eigenvalue weighted by Crippen LogP contribution is -2.26. The SMILES string of the molecule is CC(C)(C)CS(=O)(=O)Nc1cccc(N)c1. The first-order chi connectivity index (χ1) is 7.18. The maximum absolute atomic E-state index is 11.8. The standard InChI is InChI=1S/C11H18N2O2S/c1-11(2,3)8-16(14,15)13-10-6-4-5-9(12)7-10/h4-7,13H,8,12H2,1-3H3. The number of nitrogens with two attached hydrogens (primary N) is 1. The first kappa shape index (κ1) is 12.8. The second kappa shape index (κ2) is 4.33. The second-order valence-electron chi connectivity index (χ2n) is 5.05. The van der Waals surface area contributed by atoms with Gasteiger partial charge >= 0.3 is 0 Å². The van der Waals surface area contributed by atoms with Crippen LogP contribution in [-0.4, -0.2) is 14.2 Å². The highest BCUT2D eigenvalue weighted by molar-refractivity contribution is 7.92. The molecular weight excluding hydrogens is 224 g/mol. The van der Waals surface area contributed by atoms with Gasteiger partial charge < -0.3 is 5.73 Å². The van der Waals surface area contributed by atoms with Crippen molar-refractivity contribution in [2.24, 2.45) is 5.41 Å². The molecule has 5 heteroatoms. The molecule has 0 aliphatic rings. The van der Waals surface area contributed by atoms with Crippen LogP contribution in [0.15, 0.2) is 24.3 Å². The minimum Gasteiger partial charge on any atom is -0.399 e. The molecule has 0 radical (unpaired) electrons. The maximum Gasteiger partial charge on any atom is 0.233 e. The van der Waals surface area contributed by atoms with E-state index >= 15 is 0 Å². The largest absolute Gasteiger partial charge is 0.399 e. The van der Waals surface area contributed by atoms with E-state index in [4.69, 9.17) is 5.73 Å². The molecule has 0 atom stereocenters. The van der Waals surface area contributed by atoms with Crippen LogP contribution in [0.3, 0.4) is 0 Å². The van der Waals surface area contributed by atoms with E-state index in [2.05, 4.69) is 4.72 Å². The van der Waals surface area contributed by atoms with Crippen molar-refractivity contribution in [3.8, 4) is 0 Å². The third-order valence-corrected chi connectivity index (χ3v) is 3.58. The van der Waals surface area contributed by atoms with Crippen LogP contribution in [0.2, 0.25) is 0 Å². The Bertz CT molecular complexity index is 461. The average Bonchev–Trinajstić information content (AvgIpc) is 1.96. The van der Waals surface area contributed by atoms with Crippen LogP contribution in [-0.2, 0) is 10.0 Å². The molecule has 0 amide bonds. The van der Waals surface area contributed by atoms with E-state index in [-0.39, 0.29) is 11.2 Å². The summed E-state index contributed by atoms with van der Waals surface area (Å²) in [6.07, 6.45) is 0. The van der Waals surface area contributed by atoms with Crippen LogP contribution >= 0.6 is 0 Å². The lowest BCUT2D eigenvalue weighted by atomic mass is 10.0. The van der Waals surface area contributed by atoms with E-state index < -0.39 is 10.0 Å². The van der Waals surface area contributed by atoms with Crippen molar-refractivity contribution in [3.63, 3.8) is 0 Å². The number of nitrogens with one attached hydrogen (secondary N) is 1. The number of anilines is 2. The highest BCUT2D eigenvalue weighted by Crippen LogP contribution is 2.19.